The lowest BCUT2D eigenvalue weighted by Crippen LogP contribution is -2.34. The quantitative estimate of drug-likeness (QED) is 0.771. The molecule has 0 saturated heterocycles. The summed E-state index contributed by atoms with van der Waals surface area (Å²) < 4.78 is 1.91. The fourth-order valence-electron chi connectivity index (χ4n) is 2.62. The normalized spacial score (nSPS) is 11.8. The van der Waals surface area contributed by atoms with Crippen LogP contribution < -0.4 is 10.6 Å². The SMILES string of the molecule is Cc1cccc(NC(=O)NC(c2ccccc2)c2nccn2C)c1. The van der Waals surface area contributed by atoms with E-state index in [-0.39, 0.29) is 12.1 Å². The second-order valence-corrected chi connectivity index (χ2v) is 5.71. The molecule has 0 aliphatic rings. The molecular formula is C19H20N4O. The molecule has 24 heavy (non-hydrogen) atoms. The molecule has 3 aromatic rings. The van der Waals surface area contributed by atoms with Gasteiger partial charge in [0.25, 0.3) is 0 Å². The largest absolute Gasteiger partial charge is 0.336 e. The fraction of sp³-hybridized carbons (Fsp3) is 0.158. The molecule has 0 spiro atoms. The number of aromatic nitrogens is 2. The predicted molar refractivity (Wildman–Crippen MR) is 94.8 cm³/mol. The zero-order chi connectivity index (χ0) is 16.9. The van der Waals surface area contributed by atoms with Gasteiger partial charge in [-0.2, -0.15) is 0 Å². The van der Waals surface area contributed by atoms with Crippen molar-refractivity contribution in [3.05, 3.63) is 83.9 Å². The number of imidazole rings is 1. The van der Waals surface area contributed by atoms with Gasteiger partial charge in [-0.15, -0.1) is 0 Å². The first-order valence-electron chi connectivity index (χ1n) is 7.80. The van der Waals surface area contributed by atoms with Gasteiger partial charge in [-0.3, -0.25) is 0 Å². The molecule has 5 heteroatoms. The molecule has 0 aliphatic carbocycles. The molecule has 1 heterocycles. The van der Waals surface area contributed by atoms with Gasteiger partial charge >= 0.3 is 6.03 Å². The van der Waals surface area contributed by atoms with Crippen molar-refractivity contribution in [2.45, 2.75) is 13.0 Å². The molecule has 2 amide bonds. The standard InChI is InChI=1S/C19H20N4O/c1-14-7-6-10-16(13-14)21-19(24)22-17(15-8-4-3-5-9-15)18-20-11-12-23(18)2/h3-13,17H,1-2H3,(H2,21,22,24). The van der Waals surface area contributed by atoms with E-state index in [9.17, 15) is 4.79 Å². The van der Waals surface area contributed by atoms with Crippen LogP contribution in [0.2, 0.25) is 0 Å². The van der Waals surface area contributed by atoms with Crippen LogP contribution >= 0.6 is 0 Å². The monoisotopic (exact) mass is 320 g/mol. The maximum Gasteiger partial charge on any atom is 0.320 e. The van der Waals surface area contributed by atoms with Crippen molar-refractivity contribution in [2.75, 3.05) is 5.32 Å². The highest BCUT2D eigenvalue weighted by Crippen LogP contribution is 2.20. The molecule has 2 aromatic carbocycles. The zero-order valence-electron chi connectivity index (χ0n) is 13.7. The zero-order valence-corrected chi connectivity index (χ0v) is 13.7. The molecule has 1 aromatic heterocycles. The van der Waals surface area contributed by atoms with Crippen molar-refractivity contribution in [3.8, 4) is 0 Å². The van der Waals surface area contributed by atoms with E-state index in [4.69, 9.17) is 0 Å². The molecule has 1 atom stereocenters. The van der Waals surface area contributed by atoms with E-state index in [0.717, 1.165) is 22.6 Å². The molecule has 122 valence electrons. The molecule has 2 N–H and O–H groups in total. The Labute approximate surface area is 141 Å². The van der Waals surface area contributed by atoms with Crippen LogP contribution in [0.5, 0.6) is 0 Å². The summed E-state index contributed by atoms with van der Waals surface area (Å²) in [5, 5.41) is 5.89. The third kappa shape index (κ3) is 3.63. The number of amides is 2. The average molecular weight is 320 g/mol. The van der Waals surface area contributed by atoms with Gasteiger partial charge in [0.2, 0.25) is 0 Å². The number of urea groups is 1. The minimum Gasteiger partial charge on any atom is -0.336 e. The van der Waals surface area contributed by atoms with Gasteiger partial charge in [0, 0.05) is 25.1 Å². The number of anilines is 1. The predicted octanol–water partition coefficient (Wildman–Crippen LogP) is 3.64. The third-order valence-electron chi connectivity index (χ3n) is 3.80. The number of nitrogens with zero attached hydrogens (tertiary/aromatic N) is 2. The summed E-state index contributed by atoms with van der Waals surface area (Å²) in [4.78, 5) is 16.8. The third-order valence-corrected chi connectivity index (χ3v) is 3.80. The van der Waals surface area contributed by atoms with E-state index in [0.29, 0.717) is 0 Å². The van der Waals surface area contributed by atoms with Crippen LogP contribution in [0.15, 0.2) is 67.0 Å². The van der Waals surface area contributed by atoms with Crippen LogP contribution in [0.3, 0.4) is 0 Å². The highest BCUT2D eigenvalue weighted by Gasteiger charge is 2.20. The summed E-state index contributed by atoms with van der Waals surface area (Å²) in [6, 6.07) is 16.9. The van der Waals surface area contributed by atoms with Crippen molar-refractivity contribution in [1.29, 1.82) is 0 Å². The Morgan fingerprint density at radius 3 is 2.58 bits per heavy atom. The number of aryl methyl sites for hydroxylation is 2. The Bertz CT molecular complexity index is 826. The maximum absolute atomic E-state index is 12.5. The molecule has 3 rings (SSSR count). The van der Waals surface area contributed by atoms with Crippen molar-refractivity contribution in [1.82, 2.24) is 14.9 Å². The first-order valence-corrected chi connectivity index (χ1v) is 7.80. The Hall–Kier alpha value is -3.08. The van der Waals surface area contributed by atoms with Crippen LogP contribution in [-0.4, -0.2) is 15.6 Å². The summed E-state index contributed by atoms with van der Waals surface area (Å²) >= 11 is 0. The first kappa shape index (κ1) is 15.8. The van der Waals surface area contributed by atoms with E-state index in [1.54, 1.807) is 6.20 Å². The van der Waals surface area contributed by atoms with E-state index in [1.807, 2.05) is 79.3 Å². The van der Waals surface area contributed by atoms with Gasteiger partial charge < -0.3 is 15.2 Å². The van der Waals surface area contributed by atoms with Crippen LogP contribution in [0.4, 0.5) is 10.5 Å². The fourth-order valence-corrected chi connectivity index (χ4v) is 2.62. The van der Waals surface area contributed by atoms with Crippen molar-refractivity contribution in [2.24, 2.45) is 7.05 Å². The highest BCUT2D eigenvalue weighted by molar-refractivity contribution is 5.89. The summed E-state index contributed by atoms with van der Waals surface area (Å²) in [7, 11) is 1.92. The van der Waals surface area contributed by atoms with Crippen molar-refractivity contribution in [3.63, 3.8) is 0 Å². The van der Waals surface area contributed by atoms with Crippen molar-refractivity contribution < 1.29 is 4.79 Å². The molecule has 0 fully saturated rings. The lowest BCUT2D eigenvalue weighted by molar-refractivity contribution is 0.249. The average Bonchev–Trinajstić information content (AvgIpc) is 2.99. The van der Waals surface area contributed by atoms with E-state index >= 15 is 0 Å². The molecule has 0 radical (unpaired) electrons. The molecular weight excluding hydrogens is 300 g/mol. The lowest BCUT2D eigenvalue weighted by Gasteiger charge is -2.19. The molecule has 0 bridgehead atoms. The summed E-state index contributed by atoms with van der Waals surface area (Å²) in [6.07, 6.45) is 3.59. The summed E-state index contributed by atoms with van der Waals surface area (Å²) in [5.41, 5.74) is 2.84. The van der Waals surface area contributed by atoms with Crippen LogP contribution in [0.1, 0.15) is 23.0 Å². The van der Waals surface area contributed by atoms with Gasteiger partial charge in [-0.1, -0.05) is 42.5 Å². The van der Waals surface area contributed by atoms with E-state index in [1.165, 1.54) is 0 Å². The molecule has 1 unspecified atom stereocenters. The number of nitrogens with one attached hydrogen (secondary N) is 2. The van der Waals surface area contributed by atoms with Gasteiger partial charge in [0.15, 0.2) is 0 Å². The Balaban J connectivity index is 1.82. The van der Waals surface area contributed by atoms with Crippen LogP contribution in [0, 0.1) is 6.92 Å². The van der Waals surface area contributed by atoms with E-state index < -0.39 is 0 Å². The van der Waals surface area contributed by atoms with Gasteiger partial charge in [0.05, 0.1) is 0 Å². The number of benzene rings is 2. The first-order chi connectivity index (χ1) is 11.6. The number of rotatable bonds is 4. The van der Waals surface area contributed by atoms with Gasteiger partial charge in [-0.05, 0) is 30.2 Å². The molecule has 5 nitrogen and oxygen atoms in total. The van der Waals surface area contributed by atoms with Gasteiger partial charge in [0.1, 0.15) is 11.9 Å². The molecule has 0 saturated carbocycles. The van der Waals surface area contributed by atoms with Crippen molar-refractivity contribution >= 4 is 11.7 Å². The van der Waals surface area contributed by atoms with Crippen LogP contribution in [-0.2, 0) is 7.05 Å². The number of carbonyl (C=O) groups excluding carboxylic acids is 1. The summed E-state index contributed by atoms with van der Waals surface area (Å²) in [5.74, 6) is 0.778. The second kappa shape index (κ2) is 7.00. The smallest absolute Gasteiger partial charge is 0.320 e. The van der Waals surface area contributed by atoms with Crippen LogP contribution in [0.25, 0.3) is 0 Å². The number of carbonyl (C=O) groups is 1. The second-order valence-electron chi connectivity index (χ2n) is 5.71. The topological polar surface area (TPSA) is 59.0 Å². The Morgan fingerprint density at radius 1 is 1.12 bits per heavy atom. The Morgan fingerprint density at radius 2 is 1.92 bits per heavy atom. The lowest BCUT2D eigenvalue weighted by atomic mass is 10.1. The highest BCUT2D eigenvalue weighted by atomic mass is 16.2. The minimum atomic E-state index is -0.323. The number of hydrogen-bond acceptors (Lipinski definition) is 2. The van der Waals surface area contributed by atoms with E-state index in [2.05, 4.69) is 15.6 Å². The number of hydrogen-bond donors (Lipinski definition) is 2. The molecule has 0 aliphatic heterocycles. The maximum atomic E-state index is 12.5. The summed E-state index contributed by atoms with van der Waals surface area (Å²) in [6.45, 7) is 1.99. The minimum absolute atomic E-state index is 0.266. The Kier molecular flexibility index (Phi) is 4.61. The van der Waals surface area contributed by atoms with Gasteiger partial charge in [-0.25, -0.2) is 9.78 Å².